The minimum Gasteiger partial charge on any atom is -0.379 e. The van der Waals surface area contributed by atoms with E-state index in [-0.39, 0.29) is 17.9 Å². The minimum atomic E-state index is -0.928. The number of rotatable bonds is 11. The maximum absolute atomic E-state index is 14.1. The molecule has 40 heavy (non-hydrogen) atoms. The summed E-state index contributed by atoms with van der Waals surface area (Å²) in [5, 5.41) is 3.01. The number of carbonyl (C=O) groups excluding carboxylic acids is 2. The van der Waals surface area contributed by atoms with Gasteiger partial charge in [0.1, 0.15) is 17.6 Å². The maximum atomic E-state index is 14.1. The molecule has 0 spiro atoms. The first-order valence-electron chi connectivity index (χ1n) is 14.1. The molecule has 5 rings (SSSR count). The summed E-state index contributed by atoms with van der Waals surface area (Å²) in [6, 6.07) is 18.3. The first-order valence-corrected chi connectivity index (χ1v) is 14.1. The lowest BCUT2D eigenvalue weighted by Crippen LogP contribution is -2.46. The van der Waals surface area contributed by atoms with Gasteiger partial charge in [0.05, 0.1) is 19.3 Å². The summed E-state index contributed by atoms with van der Waals surface area (Å²) in [5.41, 5.74) is 2.73. The molecule has 3 aromatic rings. The number of morpholine rings is 1. The first kappa shape index (κ1) is 28.0. The molecule has 0 unspecified atom stereocenters. The summed E-state index contributed by atoms with van der Waals surface area (Å²) < 4.78 is 25.0. The van der Waals surface area contributed by atoms with E-state index in [4.69, 9.17) is 9.47 Å². The molecule has 2 saturated heterocycles. The van der Waals surface area contributed by atoms with Crippen LogP contribution in [0, 0.1) is 5.82 Å². The van der Waals surface area contributed by atoms with E-state index in [0.29, 0.717) is 50.6 Å². The molecular formula is C31H37FN4O4. The van der Waals surface area contributed by atoms with Crippen LogP contribution >= 0.6 is 0 Å². The number of hydrogen-bond acceptors (Lipinski definition) is 5. The zero-order valence-electron chi connectivity index (χ0n) is 22.7. The maximum Gasteiger partial charge on any atom is 0.271 e. The van der Waals surface area contributed by atoms with Crippen molar-refractivity contribution in [2.45, 2.75) is 31.4 Å². The molecule has 0 radical (unpaired) electrons. The monoisotopic (exact) mass is 548 g/mol. The summed E-state index contributed by atoms with van der Waals surface area (Å²) in [5.74, 6) is -0.994. The molecule has 0 aliphatic carbocycles. The van der Waals surface area contributed by atoms with Gasteiger partial charge in [0.25, 0.3) is 5.91 Å². The van der Waals surface area contributed by atoms with Crippen LogP contribution in [0.3, 0.4) is 0 Å². The second-order valence-electron chi connectivity index (χ2n) is 10.3. The van der Waals surface area contributed by atoms with Gasteiger partial charge < -0.3 is 24.7 Å². The molecule has 9 heteroatoms. The third kappa shape index (κ3) is 7.15. The second kappa shape index (κ2) is 13.7. The quantitative estimate of drug-likeness (QED) is 0.378. The van der Waals surface area contributed by atoms with Crippen molar-refractivity contribution in [2.24, 2.45) is 0 Å². The van der Waals surface area contributed by atoms with Crippen LogP contribution in [0.4, 0.5) is 4.39 Å². The van der Waals surface area contributed by atoms with E-state index in [9.17, 15) is 14.0 Å². The highest BCUT2D eigenvalue weighted by Gasteiger charge is 2.33. The van der Waals surface area contributed by atoms with Crippen molar-refractivity contribution in [3.05, 3.63) is 83.8 Å². The van der Waals surface area contributed by atoms with Crippen molar-refractivity contribution >= 4 is 11.8 Å². The number of benzene rings is 2. The molecule has 1 aromatic heterocycles. The van der Waals surface area contributed by atoms with Crippen LogP contribution in [0.1, 0.15) is 41.4 Å². The number of aromatic amines is 1. The van der Waals surface area contributed by atoms with Crippen molar-refractivity contribution in [1.82, 2.24) is 20.1 Å². The van der Waals surface area contributed by atoms with Crippen LogP contribution in [0.2, 0.25) is 0 Å². The topological polar surface area (TPSA) is 86.9 Å². The lowest BCUT2D eigenvalue weighted by molar-refractivity contribution is -0.126. The molecular weight excluding hydrogens is 511 g/mol. The molecule has 2 amide bonds. The predicted octanol–water partition coefficient (Wildman–Crippen LogP) is 4.02. The van der Waals surface area contributed by atoms with Gasteiger partial charge in [0.2, 0.25) is 5.91 Å². The van der Waals surface area contributed by atoms with Gasteiger partial charge in [-0.2, -0.15) is 0 Å². The fraction of sp³-hybridized carbons (Fsp3) is 0.419. The number of aromatic nitrogens is 1. The first-order chi connectivity index (χ1) is 19.6. The van der Waals surface area contributed by atoms with Crippen LogP contribution in [-0.4, -0.2) is 85.2 Å². The smallest absolute Gasteiger partial charge is 0.271 e. The van der Waals surface area contributed by atoms with Gasteiger partial charge in [-0.1, -0.05) is 42.5 Å². The van der Waals surface area contributed by atoms with Crippen LogP contribution in [-0.2, 0) is 14.3 Å². The molecule has 2 aromatic carbocycles. The third-order valence-corrected chi connectivity index (χ3v) is 7.51. The number of nitrogens with one attached hydrogen (secondary N) is 2. The molecule has 2 aliphatic rings. The molecule has 3 heterocycles. The molecule has 0 saturated carbocycles. The van der Waals surface area contributed by atoms with Crippen molar-refractivity contribution in [1.29, 1.82) is 0 Å². The Morgan fingerprint density at radius 3 is 2.52 bits per heavy atom. The predicted molar refractivity (Wildman–Crippen MR) is 150 cm³/mol. The van der Waals surface area contributed by atoms with Crippen LogP contribution in [0.5, 0.6) is 0 Å². The zero-order chi connectivity index (χ0) is 27.7. The molecule has 2 atom stereocenters. The standard InChI is InChI=1S/C31H37FN4O4/c32-25-11-9-24(10-12-25)29(30(37)33-22-26-8-4-19-40-26)36(16-5-15-35-17-20-39-21-18-35)31(38)28-14-13-27(34-28)23-6-2-1-3-7-23/h1-3,6-7,9-14,26,29,34H,4-5,8,15-22H2,(H,33,37)/t26-,29+/m1/s1. The highest BCUT2D eigenvalue weighted by molar-refractivity contribution is 5.97. The van der Waals surface area contributed by atoms with E-state index in [2.05, 4.69) is 15.2 Å². The third-order valence-electron chi connectivity index (χ3n) is 7.51. The van der Waals surface area contributed by atoms with E-state index < -0.39 is 11.9 Å². The van der Waals surface area contributed by atoms with E-state index >= 15 is 0 Å². The highest BCUT2D eigenvalue weighted by atomic mass is 19.1. The van der Waals surface area contributed by atoms with E-state index in [1.807, 2.05) is 36.4 Å². The van der Waals surface area contributed by atoms with Gasteiger partial charge in [-0.15, -0.1) is 0 Å². The van der Waals surface area contributed by atoms with Gasteiger partial charge in [-0.25, -0.2) is 4.39 Å². The van der Waals surface area contributed by atoms with E-state index in [1.165, 1.54) is 12.1 Å². The molecule has 0 bridgehead atoms. The number of hydrogen-bond donors (Lipinski definition) is 2. The lowest BCUT2D eigenvalue weighted by atomic mass is 10.0. The number of carbonyl (C=O) groups is 2. The minimum absolute atomic E-state index is 0.0415. The van der Waals surface area contributed by atoms with Crippen molar-refractivity contribution in [3.8, 4) is 11.3 Å². The van der Waals surface area contributed by atoms with Crippen molar-refractivity contribution in [3.63, 3.8) is 0 Å². The van der Waals surface area contributed by atoms with Gasteiger partial charge in [-0.3, -0.25) is 14.5 Å². The van der Waals surface area contributed by atoms with Crippen LogP contribution < -0.4 is 5.32 Å². The van der Waals surface area contributed by atoms with Crippen molar-refractivity contribution < 1.29 is 23.5 Å². The Kier molecular flexibility index (Phi) is 9.59. The normalized spacial score (nSPS) is 18.4. The fourth-order valence-electron chi connectivity index (χ4n) is 5.33. The Balaban J connectivity index is 1.41. The Bertz CT molecular complexity index is 1240. The van der Waals surface area contributed by atoms with Gasteiger partial charge in [0, 0.05) is 45.0 Å². The SMILES string of the molecule is O=C(NC[C@H]1CCCO1)[C@H](c1ccc(F)cc1)N(CCCN1CCOCC1)C(=O)c1ccc(-c2ccccc2)[nH]1. The summed E-state index contributed by atoms with van der Waals surface area (Å²) in [4.78, 5) is 35.0. The Morgan fingerprint density at radius 1 is 1.02 bits per heavy atom. The molecule has 212 valence electrons. The fourth-order valence-corrected chi connectivity index (χ4v) is 5.33. The Hall–Kier alpha value is -3.53. The summed E-state index contributed by atoms with van der Waals surface area (Å²) in [6.07, 6.45) is 2.48. The number of amides is 2. The molecule has 2 N–H and O–H groups in total. The highest BCUT2D eigenvalue weighted by Crippen LogP contribution is 2.26. The van der Waals surface area contributed by atoms with Gasteiger partial charge >= 0.3 is 0 Å². The van der Waals surface area contributed by atoms with E-state index in [1.54, 1.807) is 23.1 Å². The van der Waals surface area contributed by atoms with Crippen LogP contribution in [0.15, 0.2) is 66.7 Å². The average molecular weight is 549 g/mol. The second-order valence-corrected chi connectivity index (χ2v) is 10.3. The average Bonchev–Trinajstić information content (AvgIpc) is 3.70. The van der Waals surface area contributed by atoms with Gasteiger partial charge in [-0.05, 0) is 54.7 Å². The number of ether oxygens (including phenoxy) is 2. The number of nitrogens with zero attached hydrogens (tertiary/aromatic N) is 2. The Labute approximate surface area is 234 Å². The molecule has 2 fully saturated rings. The zero-order valence-corrected chi connectivity index (χ0v) is 22.7. The number of halogens is 1. The summed E-state index contributed by atoms with van der Waals surface area (Å²) in [6.45, 7) is 5.25. The Morgan fingerprint density at radius 2 is 1.80 bits per heavy atom. The largest absolute Gasteiger partial charge is 0.379 e. The summed E-state index contributed by atoms with van der Waals surface area (Å²) >= 11 is 0. The molecule has 2 aliphatic heterocycles. The van der Waals surface area contributed by atoms with Gasteiger partial charge in [0.15, 0.2) is 0 Å². The number of H-pyrrole nitrogens is 1. The van der Waals surface area contributed by atoms with E-state index in [0.717, 1.165) is 43.7 Å². The van der Waals surface area contributed by atoms with Crippen molar-refractivity contribution in [2.75, 3.05) is 52.5 Å². The summed E-state index contributed by atoms with van der Waals surface area (Å²) in [7, 11) is 0. The molecule has 8 nitrogen and oxygen atoms in total. The lowest BCUT2D eigenvalue weighted by Gasteiger charge is -2.33. The van der Waals surface area contributed by atoms with Crippen LogP contribution in [0.25, 0.3) is 11.3 Å².